The second-order valence-corrected chi connectivity index (χ2v) is 5.76. The molecule has 0 aromatic heterocycles. The highest BCUT2D eigenvalue weighted by Crippen LogP contribution is 2.08. The monoisotopic (exact) mass is 316 g/mol. The predicted molar refractivity (Wildman–Crippen MR) is 94.6 cm³/mol. The van der Waals surface area contributed by atoms with E-state index in [2.05, 4.69) is 39.9 Å². The number of aliphatic imine (C=N–C) groups is 1. The van der Waals surface area contributed by atoms with Crippen LogP contribution >= 0.6 is 0 Å². The van der Waals surface area contributed by atoms with Gasteiger partial charge in [0.25, 0.3) is 0 Å². The van der Waals surface area contributed by atoms with Gasteiger partial charge >= 0.3 is 0 Å². The lowest BCUT2D eigenvalue weighted by atomic mass is 10.1. The maximum absolute atomic E-state index is 12.0. The van der Waals surface area contributed by atoms with Crippen LogP contribution in [-0.4, -0.2) is 49.5 Å². The molecular formula is C18H28N4O. The Bertz CT molecular complexity index is 495. The number of likely N-dealkylation sites (tertiary alicyclic amines) is 1. The van der Waals surface area contributed by atoms with Gasteiger partial charge in [-0.05, 0) is 31.7 Å². The van der Waals surface area contributed by atoms with Crippen LogP contribution in [0.2, 0.25) is 0 Å². The molecule has 5 heteroatoms. The first-order valence-electron chi connectivity index (χ1n) is 8.63. The van der Waals surface area contributed by atoms with Crippen LogP contribution < -0.4 is 10.6 Å². The Morgan fingerprint density at radius 3 is 2.61 bits per heavy atom. The third-order valence-electron chi connectivity index (χ3n) is 3.95. The van der Waals surface area contributed by atoms with Crippen molar-refractivity contribution in [1.29, 1.82) is 0 Å². The number of benzene rings is 1. The van der Waals surface area contributed by atoms with Gasteiger partial charge in [-0.15, -0.1) is 0 Å². The van der Waals surface area contributed by atoms with Crippen molar-refractivity contribution in [3.05, 3.63) is 35.9 Å². The summed E-state index contributed by atoms with van der Waals surface area (Å²) in [6.07, 6.45) is 3.73. The summed E-state index contributed by atoms with van der Waals surface area (Å²) >= 11 is 0. The molecule has 1 aromatic rings. The SMILES string of the molecule is CCNC(=NCCC(=O)N1CCCC1)NCCc1ccccc1. The van der Waals surface area contributed by atoms with Crippen LogP contribution in [0.5, 0.6) is 0 Å². The zero-order valence-corrected chi connectivity index (χ0v) is 14.1. The number of amides is 1. The molecule has 0 aliphatic carbocycles. The van der Waals surface area contributed by atoms with E-state index in [4.69, 9.17) is 0 Å². The van der Waals surface area contributed by atoms with Gasteiger partial charge in [0.15, 0.2) is 5.96 Å². The molecule has 1 heterocycles. The number of rotatable bonds is 7. The number of carbonyl (C=O) groups excluding carboxylic acids is 1. The van der Waals surface area contributed by atoms with Crippen LogP contribution in [-0.2, 0) is 11.2 Å². The summed E-state index contributed by atoms with van der Waals surface area (Å²) in [7, 11) is 0. The first-order valence-corrected chi connectivity index (χ1v) is 8.63. The number of nitrogens with one attached hydrogen (secondary N) is 2. The summed E-state index contributed by atoms with van der Waals surface area (Å²) in [5, 5.41) is 6.55. The van der Waals surface area contributed by atoms with Gasteiger partial charge in [0.05, 0.1) is 6.54 Å². The maximum Gasteiger partial charge on any atom is 0.224 e. The fourth-order valence-electron chi connectivity index (χ4n) is 2.70. The van der Waals surface area contributed by atoms with Crippen molar-refractivity contribution in [2.24, 2.45) is 4.99 Å². The molecule has 0 saturated carbocycles. The van der Waals surface area contributed by atoms with E-state index in [0.717, 1.165) is 51.4 Å². The zero-order valence-electron chi connectivity index (χ0n) is 14.1. The quantitative estimate of drug-likeness (QED) is 0.596. The molecule has 0 atom stereocenters. The number of nitrogens with zero attached hydrogens (tertiary/aromatic N) is 2. The van der Waals surface area contributed by atoms with E-state index in [9.17, 15) is 4.79 Å². The van der Waals surface area contributed by atoms with Gasteiger partial charge in [-0.3, -0.25) is 9.79 Å². The molecule has 5 nitrogen and oxygen atoms in total. The molecule has 0 radical (unpaired) electrons. The van der Waals surface area contributed by atoms with Crippen LogP contribution in [0.4, 0.5) is 0 Å². The van der Waals surface area contributed by atoms with Crippen molar-refractivity contribution in [2.45, 2.75) is 32.6 Å². The summed E-state index contributed by atoms with van der Waals surface area (Å²) in [5.41, 5.74) is 1.31. The van der Waals surface area contributed by atoms with Gasteiger partial charge in [0, 0.05) is 32.6 Å². The van der Waals surface area contributed by atoms with Crippen LogP contribution in [0.25, 0.3) is 0 Å². The van der Waals surface area contributed by atoms with Crippen LogP contribution in [0.1, 0.15) is 31.7 Å². The van der Waals surface area contributed by atoms with E-state index < -0.39 is 0 Å². The molecule has 1 fully saturated rings. The largest absolute Gasteiger partial charge is 0.357 e. The molecule has 0 bridgehead atoms. The molecule has 2 N–H and O–H groups in total. The Labute approximate surface area is 139 Å². The average Bonchev–Trinajstić information content (AvgIpc) is 3.10. The molecule has 126 valence electrons. The number of carbonyl (C=O) groups is 1. The van der Waals surface area contributed by atoms with E-state index in [-0.39, 0.29) is 5.91 Å². The topological polar surface area (TPSA) is 56.7 Å². The highest BCUT2D eigenvalue weighted by molar-refractivity contribution is 5.80. The summed E-state index contributed by atoms with van der Waals surface area (Å²) in [5.74, 6) is 1.02. The molecular weight excluding hydrogens is 288 g/mol. The van der Waals surface area contributed by atoms with Gasteiger partial charge in [-0.1, -0.05) is 30.3 Å². The zero-order chi connectivity index (χ0) is 16.3. The Morgan fingerprint density at radius 1 is 1.17 bits per heavy atom. The summed E-state index contributed by atoms with van der Waals surface area (Å²) in [4.78, 5) is 18.5. The normalized spacial score (nSPS) is 14.8. The molecule has 1 saturated heterocycles. The summed E-state index contributed by atoms with van der Waals surface area (Å²) < 4.78 is 0. The standard InChI is InChI=1S/C18H28N4O/c1-2-19-18(20-12-10-16-8-4-3-5-9-16)21-13-11-17(23)22-14-6-7-15-22/h3-5,8-9H,2,6-7,10-15H2,1H3,(H2,19,20,21). The summed E-state index contributed by atoms with van der Waals surface area (Å²) in [6, 6.07) is 10.4. The van der Waals surface area contributed by atoms with Crippen molar-refractivity contribution in [3.63, 3.8) is 0 Å². The van der Waals surface area contributed by atoms with E-state index in [0.29, 0.717) is 13.0 Å². The Morgan fingerprint density at radius 2 is 1.91 bits per heavy atom. The van der Waals surface area contributed by atoms with Crippen molar-refractivity contribution >= 4 is 11.9 Å². The summed E-state index contributed by atoms with van der Waals surface area (Å²) in [6.45, 7) is 6.06. The van der Waals surface area contributed by atoms with E-state index in [1.54, 1.807) is 0 Å². The van der Waals surface area contributed by atoms with Crippen molar-refractivity contribution in [3.8, 4) is 0 Å². The number of hydrogen-bond donors (Lipinski definition) is 2. The molecule has 0 unspecified atom stereocenters. The molecule has 23 heavy (non-hydrogen) atoms. The molecule has 1 aliphatic rings. The third kappa shape index (κ3) is 6.30. The molecule has 2 rings (SSSR count). The van der Waals surface area contributed by atoms with Crippen LogP contribution in [0.15, 0.2) is 35.3 Å². The Kier molecular flexibility index (Phi) is 7.43. The fourth-order valence-corrected chi connectivity index (χ4v) is 2.70. The van der Waals surface area contributed by atoms with Gasteiger partial charge in [0.2, 0.25) is 5.91 Å². The van der Waals surface area contributed by atoms with E-state index in [1.165, 1.54) is 5.56 Å². The van der Waals surface area contributed by atoms with E-state index >= 15 is 0 Å². The first kappa shape index (κ1) is 17.3. The second kappa shape index (κ2) is 9.87. The smallest absolute Gasteiger partial charge is 0.224 e. The van der Waals surface area contributed by atoms with Crippen molar-refractivity contribution < 1.29 is 4.79 Å². The van der Waals surface area contributed by atoms with E-state index in [1.807, 2.05) is 17.9 Å². The minimum absolute atomic E-state index is 0.228. The molecule has 1 amide bonds. The van der Waals surface area contributed by atoms with Gasteiger partial charge < -0.3 is 15.5 Å². The van der Waals surface area contributed by atoms with Crippen molar-refractivity contribution in [2.75, 3.05) is 32.7 Å². The van der Waals surface area contributed by atoms with Gasteiger partial charge in [-0.25, -0.2) is 0 Å². The first-order chi connectivity index (χ1) is 11.3. The van der Waals surface area contributed by atoms with Gasteiger partial charge in [-0.2, -0.15) is 0 Å². The predicted octanol–water partition coefficient (Wildman–Crippen LogP) is 1.80. The molecule has 0 spiro atoms. The van der Waals surface area contributed by atoms with Crippen LogP contribution in [0, 0.1) is 0 Å². The van der Waals surface area contributed by atoms with Crippen LogP contribution in [0.3, 0.4) is 0 Å². The Hall–Kier alpha value is -2.04. The highest BCUT2D eigenvalue weighted by Gasteiger charge is 2.16. The fraction of sp³-hybridized carbons (Fsp3) is 0.556. The highest BCUT2D eigenvalue weighted by atomic mass is 16.2. The number of guanidine groups is 1. The lowest BCUT2D eigenvalue weighted by Crippen LogP contribution is -2.38. The number of hydrogen-bond acceptors (Lipinski definition) is 2. The van der Waals surface area contributed by atoms with Gasteiger partial charge in [0.1, 0.15) is 0 Å². The lowest BCUT2D eigenvalue weighted by molar-refractivity contribution is -0.129. The minimum Gasteiger partial charge on any atom is -0.357 e. The molecule has 1 aromatic carbocycles. The maximum atomic E-state index is 12.0. The Balaban J connectivity index is 1.72. The second-order valence-electron chi connectivity index (χ2n) is 5.76. The minimum atomic E-state index is 0.228. The lowest BCUT2D eigenvalue weighted by Gasteiger charge is -2.15. The molecule has 1 aliphatic heterocycles. The average molecular weight is 316 g/mol. The third-order valence-corrected chi connectivity index (χ3v) is 3.95. The van der Waals surface area contributed by atoms with Crippen molar-refractivity contribution in [1.82, 2.24) is 15.5 Å².